The van der Waals surface area contributed by atoms with E-state index >= 15 is 0 Å². The number of hydrazine groups is 1. The summed E-state index contributed by atoms with van der Waals surface area (Å²) in [7, 11) is 0. The Kier molecular flexibility index (Phi) is 4.01. The number of nitrogens with one attached hydrogen (secondary N) is 1. The van der Waals surface area contributed by atoms with Crippen molar-refractivity contribution in [1.29, 1.82) is 0 Å². The molecule has 0 aliphatic carbocycles. The van der Waals surface area contributed by atoms with Gasteiger partial charge < -0.3 is 0 Å². The van der Waals surface area contributed by atoms with Gasteiger partial charge in [0.15, 0.2) is 0 Å². The molecule has 0 saturated heterocycles. The van der Waals surface area contributed by atoms with Crippen LogP contribution >= 0.6 is 15.9 Å². The summed E-state index contributed by atoms with van der Waals surface area (Å²) < 4.78 is 1.09. The number of benzene rings is 2. The van der Waals surface area contributed by atoms with Crippen LogP contribution in [0, 0.1) is 6.92 Å². The van der Waals surface area contributed by atoms with Gasteiger partial charge in [-0.05, 0) is 41.1 Å². The van der Waals surface area contributed by atoms with E-state index in [1.807, 2.05) is 36.7 Å². The molecule has 0 aliphatic rings. The fourth-order valence-electron chi connectivity index (χ4n) is 2.68. The molecule has 1 unspecified atom stereocenters. The van der Waals surface area contributed by atoms with Crippen molar-refractivity contribution < 1.29 is 0 Å². The van der Waals surface area contributed by atoms with Crippen LogP contribution in [0.4, 0.5) is 0 Å². The van der Waals surface area contributed by atoms with Crippen LogP contribution in [0.2, 0.25) is 0 Å². The van der Waals surface area contributed by atoms with E-state index in [0.29, 0.717) is 0 Å². The summed E-state index contributed by atoms with van der Waals surface area (Å²) in [5, 5.41) is 2.28. The Balaban J connectivity index is 2.21. The lowest BCUT2D eigenvalue weighted by Crippen LogP contribution is -2.29. The number of nitrogens with zero attached hydrogens (tertiary/aromatic N) is 1. The first-order valence-corrected chi connectivity index (χ1v) is 7.55. The third kappa shape index (κ3) is 2.58. The first-order chi connectivity index (χ1) is 10.2. The lowest BCUT2D eigenvalue weighted by molar-refractivity contribution is 0.637. The number of fused-ring (bicyclic) bond motifs is 1. The molecule has 0 radical (unpaired) electrons. The van der Waals surface area contributed by atoms with Crippen molar-refractivity contribution in [3.05, 3.63) is 76.0 Å². The molecule has 0 bridgehead atoms. The molecule has 4 heteroatoms. The normalized spacial score (nSPS) is 12.5. The van der Waals surface area contributed by atoms with Gasteiger partial charge in [0.1, 0.15) is 0 Å². The maximum atomic E-state index is 5.87. The van der Waals surface area contributed by atoms with Gasteiger partial charge in [-0.25, -0.2) is 5.43 Å². The first-order valence-electron chi connectivity index (χ1n) is 6.76. The summed E-state index contributed by atoms with van der Waals surface area (Å²) in [5.74, 6) is 5.87. The SMILES string of the molecule is Cc1c(Br)cccc1C(NN)c1cccc2cnccc12. The number of nitrogens with two attached hydrogens (primary N) is 1. The van der Waals surface area contributed by atoms with E-state index in [0.717, 1.165) is 26.4 Å². The Bertz CT molecular complexity index is 781. The number of hydrogen-bond acceptors (Lipinski definition) is 3. The quantitative estimate of drug-likeness (QED) is 0.561. The molecule has 21 heavy (non-hydrogen) atoms. The highest BCUT2D eigenvalue weighted by atomic mass is 79.9. The molecule has 3 rings (SSSR count). The summed E-state index contributed by atoms with van der Waals surface area (Å²) in [4.78, 5) is 4.18. The third-order valence-corrected chi connectivity index (χ3v) is 4.67. The molecule has 2 aromatic carbocycles. The Morgan fingerprint density at radius 3 is 2.67 bits per heavy atom. The van der Waals surface area contributed by atoms with E-state index in [9.17, 15) is 0 Å². The topological polar surface area (TPSA) is 50.9 Å². The van der Waals surface area contributed by atoms with E-state index in [2.05, 4.69) is 51.5 Å². The minimum Gasteiger partial charge on any atom is -0.271 e. The highest BCUT2D eigenvalue weighted by Crippen LogP contribution is 2.32. The van der Waals surface area contributed by atoms with Crippen LogP contribution in [0.25, 0.3) is 10.8 Å². The zero-order valence-electron chi connectivity index (χ0n) is 11.7. The lowest BCUT2D eigenvalue weighted by Gasteiger charge is -2.21. The molecule has 3 aromatic rings. The predicted octanol–water partition coefficient (Wildman–Crippen LogP) is 3.86. The van der Waals surface area contributed by atoms with Crippen molar-refractivity contribution in [2.75, 3.05) is 0 Å². The molecule has 0 spiro atoms. The largest absolute Gasteiger partial charge is 0.271 e. The van der Waals surface area contributed by atoms with Crippen LogP contribution in [-0.4, -0.2) is 4.98 Å². The maximum Gasteiger partial charge on any atom is 0.0719 e. The summed E-state index contributed by atoms with van der Waals surface area (Å²) in [6.45, 7) is 2.09. The van der Waals surface area contributed by atoms with E-state index in [1.165, 1.54) is 5.56 Å². The number of halogens is 1. The molecule has 0 amide bonds. The van der Waals surface area contributed by atoms with E-state index < -0.39 is 0 Å². The Morgan fingerprint density at radius 2 is 1.86 bits per heavy atom. The molecule has 0 aliphatic heterocycles. The molecule has 106 valence electrons. The summed E-state index contributed by atoms with van der Waals surface area (Å²) in [6, 6.07) is 14.3. The maximum absolute atomic E-state index is 5.87. The van der Waals surface area contributed by atoms with Crippen molar-refractivity contribution in [3.63, 3.8) is 0 Å². The van der Waals surface area contributed by atoms with Gasteiger partial charge in [0, 0.05) is 22.3 Å². The zero-order valence-corrected chi connectivity index (χ0v) is 13.3. The minimum atomic E-state index is -0.0615. The minimum absolute atomic E-state index is 0.0615. The van der Waals surface area contributed by atoms with Gasteiger partial charge in [-0.2, -0.15) is 0 Å². The van der Waals surface area contributed by atoms with Crippen molar-refractivity contribution in [3.8, 4) is 0 Å². The molecule has 1 atom stereocenters. The first kappa shape index (κ1) is 14.2. The van der Waals surface area contributed by atoms with Crippen LogP contribution in [0.1, 0.15) is 22.7 Å². The Labute approximate surface area is 132 Å². The second-order valence-electron chi connectivity index (χ2n) is 5.00. The second kappa shape index (κ2) is 5.93. The van der Waals surface area contributed by atoms with E-state index in [-0.39, 0.29) is 6.04 Å². The predicted molar refractivity (Wildman–Crippen MR) is 89.8 cm³/mol. The second-order valence-corrected chi connectivity index (χ2v) is 5.85. The van der Waals surface area contributed by atoms with Gasteiger partial charge >= 0.3 is 0 Å². The van der Waals surface area contributed by atoms with Crippen LogP contribution in [0.15, 0.2) is 59.3 Å². The zero-order chi connectivity index (χ0) is 14.8. The Hall–Kier alpha value is -1.75. The molecule has 0 saturated carbocycles. The van der Waals surface area contributed by atoms with Crippen molar-refractivity contribution in [2.45, 2.75) is 13.0 Å². The van der Waals surface area contributed by atoms with Gasteiger partial charge in [0.2, 0.25) is 0 Å². The standard InChI is InChI=1S/C17H16BrN3/c1-11-13(5-3-7-16(11)18)17(21-19)15-6-2-4-12-10-20-9-8-14(12)15/h2-10,17,21H,19H2,1H3. The number of aromatic nitrogens is 1. The molecule has 3 nitrogen and oxygen atoms in total. The van der Waals surface area contributed by atoms with Gasteiger partial charge in [0.05, 0.1) is 6.04 Å². The summed E-state index contributed by atoms with van der Waals surface area (Å²) >= 11 is 3.59. The van der Waals surface area contributed by atoms with Gasteiger partial charge in [-0.15, -0.1) is 0 Å². The van der Waals surface area contributed by atoms with Crippen LogP contribution in [0.3, 0.4) is 0 Å². The number of pyridine rings is 1. The molecule has 3 N–H and O–H groups in total. The molecule has 1 aromatic heterocycles. The summed E-state index contributed by atoms with van der Waals surface area (Å²) in [6.07, 6.45) is 3.69. The molecule has 0 fully saturated rings. The molecule has 1 heterocycles. The van der Waals surface area contributed by atoms with Gasteiger partial charge in [0.25, 0.3) is 0 Å². The highest BCUT2D eigenvalue weighted by Gasteiger charge is 2.17. The highest BCUT2D eigenvalue weighted by molar-refractivity contribution is 9.10. The van der Waals surface area contributed by atoms with Gasteiger partial charge in [-0.3, -0.25) is 10.8 Å². The average Bonchev–Trinajstić information content (AvgIpc) is 2.52. The fourth-order valence-corrected chi connectivity index (χ4v) is 3.06. The molecular weight excluding hydrogens is 326 g/mol. The molecular formula is C17H16BrN3. The van der Waals surface area contributed by atoms with E-state index in [4.69, 9.17) is 5.84 Å². The Morgan fingerprint density at radius 1 is 1.10 bits per heavy atom. The van der Waals surface area contributed by atoms with Crippen LogP contribution in [-0.2, 0) is 0 Å². The third-order valence-electron chi connectivity index (χ3n) is 3.81. The number of rotatable bonds is 3. The van der Waals surface area contributed by atoms with Crippen LogP contribution in [0.5, 0.6) is 0 Å². The van der Waals surface area contributed by atoms with Crippen LogP contribution < -0.4 is 11.3 Å². The average molecular weight is 342 g/mol. The lowest BCUT2D eigenvalue weighted by atomic mass is 9.92. The summed E-state index contributed by atoms with van der Waals surface area (Å²) in [5.41, 5.74) is 6.45. The van der Waals surface area contributed by atoms with Gasteiger partial charge in [-0.1, -0.05) is 46.3 Å². The fraction of sp³-hybridized carbons (Fsp3) is 0.118. The van der Waals surface area contributed by atoms with Crippen molar-refractivity contribution >= 4 is 26.7 Å². The van der Waals surface area contributed by atoms with Crippen molar-refractivity contribution in [1.82, 2.24) is 10.4 Å². The van der Waals surface area contributed by atoms with Crippen molar-refractivity contribution in [2.24, 2.45) is 5.84 Å². The monoisotopic (exact) mass is 341 g/mol. The smallest absolute Gasteiger partial charge is 0.0719 e. The number of hydrogen-bond donors (Lipinski definition) is 2. The van der Waals surface area contributed by atoms with E-state index in [1.54, 1.807) is 0 Å².